The molecule has 0 rings (SSSR count). The van der Waals surface area contributed by atoms with Gasteiger partial charge in [-0.2, -0.15) is 18.0 Å². The van der Waals surface area contributed by atoms with Gasteiger partial charge >= 0.3 is 17.9 Å². The van der Waals surface area contributed by atoms with Gasteiger partial charge in [-0.3, -0.25) is 4.79 Å². The number of ketones is 1. The van der Waals surface area contributed by atoms with Crippen LogP contribution in [-0.4, -0.2) is 35.5 Å². The van der Waals surface area contributed by atoms with Crippen LogP contribution in [0.3, 0.4) is 0 Å². The van der Waals surface area contributed by atoms with E-state index in [0.29, 0.717) is 12.8 Å². The molecule has 0 aliphatic heterocycles. The van der Waals surface area contributed by atoms with Crippen LogP contribution < -0.4 is 0 Å². The van der Waals surface area contributed by atoms with Gasteiger partial charge in [-0.05, 0) is 6.42 Å². The number of esters is 1. The van der Waals surface area contributed by atoms with Crippen molar-refractivity contribution in [2.75, 3.05) is 7.11 Å². The van der Waals surface area contributed by atoms with E-state index in [1.807, 2.05) is 6.92 Å². The second-order valence-electron chi connectivity index (χ2n) is 3.91. The molecule has 0 bridgehead atoms. The molecule has 112 valence electrons. The summed E-state index contributed by atoms with van der Waals surface area (Å²) in [5.74, 6) is -2.27. The molecule has 0 saturated carbocycles. The van der Waals surface area contributed by atoms with Crippen LogP contribution in [0.25, 0.3) is 5.53 Å². The first-order chi connectivity index (χ1) is 9.27. The van der Waals surface area contributed by atoms with Crippen molar-refractivity contribution in [3.63, 3.8) is 0 Å². The minimum atomic E-state index is -5.00. The average molecular weight is 292 g/mol. The molecule has 0 amide bonds. The topological polar surface area (TPSA) is 79.8 Å². The fraction of sp³-hybridized carbons (Fsp3) is 0.583. The molecule has 0 spiro atoms. The van der Waals surface area contributed by atoms with E-state index in [9.17, 15) is 22.8 Å². The predicted octanol–water partition coefficient (Wildman–Crippen LogP) is 2.47. The number of allylic oxidation sites excluding steroid dienone is 1. The van der Waals surface area contributed by atoms with Crippen LogP contribution in [0.15, 0.2) is 11.6 Å². The first-order valence-electron chi connectivity index (χ1n) is 5.90. The fourth-order valence-electron chi connectivity index (χ4n) is 1.38. The van der Waals surface area contributed by atoms with Gasteiger partial charge in [0.1, 0.15) is 0 Å². The van der Waals surface area contributed by atoms with Crippen LogP contribution in [0.4, 0.5) is 13.2 Å². The molecule has 0 N–H and O–H groups in total. The zero-order valence-electron chi connectivity index (χ0n) is 11.2. The number of Topliss-reactive ketones (excluding diaryl/α,β-unsaturated/α-hetero) is 1. The molecular formula is C12H15F3N2O3. The van der Waals surface area contributed by atoms with Crippen molar-refractivity contribution in [2.24, 2.45) is 0 Å². The van der Waals surface area contributed by atoms with E-state index >= 15 is 0 Å². The number of hydrogen-bond acceptors (Lipinski definition) is 3. The number of carbonyl (C=O) groups is 2. The molecule has 0 radical (unpaired) electrons. The summed E-state index contributed by atoms with van der Waals surface area (Å²) in [5, 5.41) is 0. The van der Waals surface area contributed by atoms with Gasteiger partial charge < -0.3 is 10.3 Å². The number of unbranched alkanes of at least 4 members (excludes halogenated alkanes) is 2. The van der Waals surface area contributed by atoms with Gasteiger partial charge in [-0.1, -0.05) is 19.8 Å². The van der Waals surface area contributed by atoms with Gasteiger partial charge in [0.2, 0.25) is 5.78 Å². The number of hydrogen-bond donors (Lipinski definition) is 0. The standard InChI is InChI=1S/C12H15F3N2O3/c1-3-4-5-6-9(18)11(17-16)8(12(13,14)15)7-10(19)20-2/h7H,3-6H2,1-2H3/b8-7+. The van der Waals surface area contributed by atoms with Crippen LogP contribution in [-0.2, 0) is 14.3 Å². The maximum atomic E-state index is 12.8. The molecule has 20 heavy (non-hydrogen) atoms. The Hall–Kier alpha value is -1.95. The van der Waals surface area contributed by atoms with Crippen molar-refractivity contribution in [1.29, 1.82) is 0 Å². The smallest absolute Gasteiger partial charge is 0.424 e. The molecule has 8 heteroatoms. The second-order valence-corrected chi connectivity index (χ2v) is 3.91. The summed E-state index contributed by atoms with van der Waals surface area (Å²) in [7, 11) is 0.895. The molecule has 0 aliphatic rings. The Morgan fingerprint density at radius 2 is 1.90 bits per heavy atom. The first-order valence-corrected chi connectivity index (χ1v) is 5.90. The minimum Gasteiger partial charge on any atom is -0.466 e. The first kappa shape index (κ1) is 18.0. The van der Waals surface area contributed by atoms with Gasteiger partial charge in [0.15, 0.2) is 5.57 Å². The van der Waals surface area contributed by atoms with Gasteiger partial charge in [-0.15, -0.1) is 0 Å². The summed E-state index contributed by atoms with van der Waals surface area (Å²) in [6.07, 6.45) is -3.29. The lowest BCUT2D eigenvalue weighted by Crippen LogP contribution is -2.28. The summed E-state index contributed by atoms with van der Waals surface area (Å²) in [4.78, 5) is 24.9. The van der Waals surface area contributed by atoms with Crippen LogP contribution in [0, 0.1) is 0 Å². The van der Waals surface area contributed by atoms with E-state index in [-0.39, 0.29) is 12.5 Å². The monoisotopic (exact) mass is 292 g/mol. The Morgan fingerprint density at radius 1 is 1.30 bits per heavy atom. The average Bonchev–Trinajstić information content (AvgIpc) is 2.37. The van der Waals surface area contributed by atoms with Gasteiger partial charge in [0, 0.05) is 12.5 Å². The lowest BCUT2D eigenvalue weighted by Gasteiger charge is -2.07. The number of methoxy groups -OCH3 is 1. The van der Waals surface area contributed by atoms with Crippen molar-refractivity contribution in [2.45, 2.75) is 38.8 Å². The Labute approximate surface area is 114 Å². The second kappa shape index (κ2) is 8.27. The summed E-state index contributed by atoms with van der Waals surface area (Å²) in [5.41, 5.74) is 5.85. The van der Waals surface area contributed by atoms with E-state index in [4.69, 9.17) is 5.53 Å². The third-order valence-electron chi connectivity index (χ3n) is 2.40. The third-order valence-corrected chi connectivity index (χ3v) is 2.40. The molecule has 5 nitrogen and oxygen atoms in total. The molecule has 0 heterocycles. The van der Waals surface area contributed by atoms with Crippen molar-refractivity contribution in [3.8, 4) is 0 Å². The zero-order valence-corrected chi connectivity index (χ0v) is 11.2. The summed E-state index contributed by atoms with van der Waals surface area (Å²) < 4.78 is 42.4. The van der Waals surface area contributed by atoms with Crippen LogP contribution in [0.5, 0.6) is 0 Å². The van der Waals surface area contributed by atoms with Crippen molar-refractivity contribution in [3.05, 3.63) is 17.2 Å². The molecule has 0 aromatic rings. The number of carbonyl (C=O) groups excluding carboxylic acids is 2. The number of rotatable bonds is 7. The molecule has 0 saturated heterocycles. The lowest BCUT2D eigenvalue weighted by atomic mass is 10.0. The molecule has 0 aromatic heterocycles. The highest BCUT2D eigenvalue weighted by Gasteiger charge is 2.45. The Kier molecular flexibility index (Phi) is 7.46. The van der Waals surface area contributed by atoms with Crippen LogP contribution in [0.1, 0.15) is 32.6 Å². The fourth-order valence-corrected chi connectivity index (χ4v) is 1.38. The number of nitrogens with zero attached hydrogens (tertiary/aromatic N) is 2. The Balaban J connectivity index is 5.34. The number of halogens is 3. The molecule has 0 atom stereocenters. The normalized spacial score (nSPS) is 11.8. The summed E-state index contributed by atoms with van der Waals surface area (Å²) in [6, 6.07) is 0. The largest absolute Gasteiger partial charge is 0.466 e. The van der Waals surface area contributed by atoms with Gasteiger partial charge in [0.05, 0.1) is 7.11 Å². The predicted molar refractivity (Wildman–Crippen MR) is 63.9 cm³/mol. The molecular weight excluding hydrogens is 277 g/mol. The van der Waals surface area contributed by atoms with E-state index in [0.717, 1.165) is 13.5 Å². The molecule has 0 aliphatic carbocycles. The van der Waals surface area contributed by atoms with Crippen molar-refractivity contribution < 1.29 is 32.3 Å². The minimum absolute atomic E-state index is 0.0901. The lowest BCUT2D eigenvalue weighted by molar-refractivity contribution is -0.136. The Morgan fingerprint density at radius 3 is 2.30 bits per heavy atom. The van der Waals surface area contributed by atoms with Crippen molar-refractivity contribution in [1.82, 2.24) is 0 Å². The SMILES string of the molecule is CCCCCC(=O)C(=[N+]=[N-])/C(=C\C(=O)OC)C(F)(F)F. The van der Waals surface area contributed by atoms with E-state index in [1.165, 1.54) is 0 Å². The van der Waals surface area contributed by atoms with Gasteiger partial charge in [-0.25, -0.2) is 4.79 Å². The number of ether oxygens (including phenoxy) is 1. The zero-order chi connectivity index (χ0) is 15.8. The highest BCUT2D eigenvalue weighted by Crippen LogP contribution is 2.27. The van der Waals surface area contributed by atoms with Gasteiger partial charge in [0.25, 0.3) is 0 Å². The number of alkyl halides is 3. The van der Waals surface area contributed by atoms with E-state index in [2.05, 4.69) is 9.53 Å². The molecule has 0 unspecified atom stereocenters. The molecule has 0 aromatic carbocycles. The van der Waals surface area contributed by atoms with Crippen LogP contribution >= 0.6 is 0 Å². The summed E-state index contributed by atoms with van der Waals surface area (Å²) in [6.45, 7) is 1.86. The third kappa shape index (κ3) is 5.79. The highest BCUT2D eigenvalue weighted by molar-refractivity contribution is 6.44. The highest BCUT2D eigenvalue weighted by atomic mass is 19.4. The quantitative estimate of drug-likeness (QED) is 0.180. The van der Waals surface area contributed by atoms with Crippen molar-refractivity contribution >= 4 is 17.5 Å². The van der Waals surface area contributed by atoms with Crippen LogP contribution in [0.2, 0.25) is 0 Å². The van der Waals surface area contributed by atoms with E-state index < -0.39 is 29.2 Å². The molecule has 0 fully saturated rings. The Bertz CT molecular complexity index is 449. The maximum absolute atomic E-state index is 12.8. The maximum Gasteiger partial charge on any atom is 0.424 e. The van der Waals surface area contributed by atoms with E-state index in [1.54, 1.807) is 0 Å². The summed E-state index contributed by atoms with van der Waals surface area (Å²) >= 11 is 0.